The minimum atomic E-state index is -0.127. The predicted molar refractivity (Wildman–Crippen MR) is 110 cm³/mol. The Morgan fingerprint density at radius 2 is 2.12 bits per heavy atom. The second kappa shape index (κ2) is 9.00. The first-order valence-electron chi connectivity index (χ1n) is 8.59. The maximum absolute atomic E-state index is 12.5. The molecule has 2 N–H and O–H groups in total. The van der Waals surface area contributed by atoms with Crippen LogP contribution in [0.5, 0.6) is 0 Å². The van der Waals surface area contributed by atoms with E-state index < -0.39 is 0 Å². The number of aromatic nitrogens is 2. The third-order valence-electron chi connectivity index (χ3n) is 3.90. The van der Waals surface area contributed by atoms with E-state index in [0.29, 0.717) is 29.3 Å². The highest BCUT2D eigenvalue weighted by Crippen LogP contribution is 2.30. The molecule has 2 heterocycles. The van der Waals surface area contributed by atoms with Gasteiger partial charge in [0.05, 0.1) is 16.9 Å². The van der Waals surface area contributed by atoms with Gasteiger partial charge in [0, 0.05) is 17.5 Å². The van der Waals surface area contributed by atoms with Crippen molar-refractivity contribution in [2.45, 2.75) is 25.5 Å². The van der Waals surface area contributed by atoms with Crippen LogP contribution in [0, 0.1) is 0 Å². The summed E-state index contributed by atoms with van der Waals surface area (Å²) in [5, 5.41) is 5.49. The van der Waals surface area contributed by atoms with Crippen molar-refractivity contribution in [2.24, 2.45) is 0 Å². The first-order valence-corrected chi connectivity index (χ1v) is 10.6. The summed E-state index contributed by atoms with van der Waals surface area (Å²) in [6.07, 6.45) is 2.05. The fourth-order valence-corrected chi connectivity index (χ4v) is 4.27. The maximum Gasteiger partial charge on any atom is 0.260 e. The van der Waals surface area contributed by atoms with Gasteiger partial charge in [-0.05, 0) is 12.0 Å². The van der Waals surface area contributed by atoms with Gasteiger partial charge in [-0.15, -0.1) is 23.1 Å². The molecule has 3 rings (SSSR count). The Hall–Kier alpha value is -2.12. The number of rotatable bonds is 8. The third-order valence-corrected chi connectivity index (χ3v) is 5.72. The summed E-state index contributed by atoms with van der Waals surface area (Å²) < 4.78 is 0. The summed E-state index contributed by atoms with van der Waals surface area (Å²) in [5.41, 5.74) is 1.80. The molecule has 0 spiro atoms. The van der Waals surface area contributed by atoms with E-state index in [2.05, 4.69) is 22.2 Å². The van der Waals surface area contributed by atoms with Crippen LogP contribution in [0.1, 0.15) is 25.6 Å². The number of thioether (sulfide) groups is 1. The third kappa shape index (κ3) is 4.53. The van der Waals surface area contributed by atoms with Gasteiger partial charge in [0.25, 0.3) is 5.56 Å². The van der Waals surface area contributed by atoms with E-state index in [4.69, 9.17) is 0 Å². The molecule has 5 nitrogen and oxygen atoms in total. The number of amides is 1. The normalized spacial score (nSPS) is 11.0. The van der Waals surface area contributed by atoms with Crippen molar-refractivity contribution >= 4 is 39.2 Å². The number of carbonyl (C=O) groups is 1. The summed E-state index contributed by atoms with van der Waals surface area (Å²) in [7, 11) is 0. The molecule has 0 aliphatic rings. The van der Waals surface area contributed by atoms with Crippen LogP contribution in [0.15, 0.2) is 40.5 Å². The molecule has 0 unspecified atom stereocenters. The zero-order valence-corrected chi connectivity index (χ0v) is 16.2. The van der Waals surface area contributed by atoms with Crippen molar-refractivity contribution < 1.29 is 4.79 Å². The van der Waals surface area contributed by atoms with E-state index >= 15 is 0 Å². The molecule has 2 aromatic heterocycles. The van der Waals surface area contributed by atoms with E-state index in [1.165, 1.54) is 23.1 Å². The van der Waals surface area contributed by atoms with Crippen LogP contribution in [0.25, 0.3) is 21.3 Å². The molecule has 0 saturated heterocycles. The summed E-state index contributed by atoms with van der Waals surface area (Å²) >= 11 is 2.92. The summed E-state index contributed by atoms with van der Waals surface area (Å²) in [5.74, 6) is 1.50. The molecule has 0 radical (unpaired) electrons. The first kappa shape index (κ1) is 18.7. The number of hydrogen-bond acceptors (Lipinski definition) is 5. The van der Waals surface area contributed by atoms with Gasteiger partial charge in [0.15, 0.2) is 0 Å². The number of nitrogens with one attached hydrogen (secondary N) is 2. The lowest BCUT2D eigenvalue weighted by molar-refractivity contribution is -0.118. The van der Waals surface area contributed by atoms with E-state index in [9.17, 15) is 9.59 Å². The molecule has 136 valence electrons. The van der Waals surface area contributed by atoms with Crippen molar-refractivity contribution in [1.82, 2.24) is 15.3 Å². The predicted octanol–water partition coefficient (Wildman–Crippen LogP) is 3.80. The van der Waals surface area contributed by atoms with Crippen LogP contribution in [0.2, 0.25) is 0 Å². The second-order valence-electron chi connectivity index (χ2n) is 5.90. The van der Waals surface area contributed by atoms with Gasteiger partial charge in [0.1, 0.15) is 10.7 Å². The Kier molecular flexibility index (Phi) is 6.46. The van der Waals surface area contributed by atoms with Crippen molar-refractivity contribution in [3.63, 3.8) is 0 Å². The van der Waals surface area contributed by atoms with E-state index in [-0.39, 0.29) is 11.5 Å². The van der Waals surface area contributed by atoms with Gasteiger partial charge < -0.3 is 10.3 Å². The van der Waals surface area contributed by atoms with Gasteiger partial charge in [-0.2, -0.15) is 0 Å². The molecule has 0 saturated carbocycles. The van der Waals surface area contributed by atoms with Gasteiger partial charge in [-0.25, -0.2) is 4.98 Å². The zero-order chi connectivity index (χ0) is 18.4. The Balaban J connectivity index is 1.68. The van der Waals surface area contributed by atoms with Crippen LogP contribution >= 0.6 is 23.1 Å². The van der Waals surface area contributed by atoms with Gasteiger partial charge in [0.2, 0.25) is 5.91 Å². The molecule has 0 bridgehead atoms. The van der Waals surface area contributed by atoms with Crippen LogP contribution in [-0.2, 0) is 10.5 Å². The maximum atomic E-state index is 12.5. The molecular weight excluding hydrogens is 366 g/mol. The van der Waals surface area contributed by atoms with Crippen molar-refractivity contribution in [3.8, 4) is 11.1 Å². The number of H-pyrrole nitrogens is 1. The molecule has 7 heteroatoms. The van der Waals surface area contributed by atoms with Crippen LogP contribution in [0.3, 0.4) is 0 Å². The van der Waals surface area contributed by atoms with Crippen LogP contribution < -0.4 is 10.9 Å². The fourth-order valence-electron chi connectivity index (χ4n) is 2.59. The molecule has 26 heavy (non-hydrogen) atoms. The molecule has 0 aliphatic heterocycles. The molecule has 0 atom stereocenters. The number of fused-ring (bicyclic) bond motifs is 1. The van der Waals surface area contributed by atoms with Crippen molar-refractivity contribution in [1.29, 1.82) is 0 Å². The number of hydrogen-bond donors (Lipinski definition) is 2. The van der Waals surface area contributed by atoms with Crippen molar-refractivity contribution in [3.05, 3.63) is 51.9 Å². The van der Waals surface area contributed by atoms with Gasteiger partial charge in [-0.1, -0.05) is 43.7 Å². The fraction of sp³-hybridized carbons (Fsp3) is 0.316. The zero-order valence-electron chi connectivity index (χ0n) is 14.6. The minimum Gasteiger partial charge on any atom is -0.355 e. The Labute approximate surface area is 160 Å². The lowest BCUT2D eigenvalue weighted by Gasteiger charge is -2.04. The highest BCUT2D eigenvalue weighted by Gasteiger charge is 2.13. The first-order chi connectivity index (χ1) is 12.7. The number of thiophene rings is 1. The number of unbranched alkanes of at least 4 members (excludes halogenated alkanes) is 1. The molecule has 1 amide bonds. The topological polar surface area (TPSA) is 74.8 Å². The average Bonchev–Trinajstić information content (AvgIpc) is 3.07. The van der Waals surface area contributed by atoms with Gasteiger partial charge in [-0.3, -0.25) is 9.59 Å². The molecule has 0 aliphatic carbocycles. The van der Waals surface area contributed by atoms with Gasteiger partial charge >= 0.3 is 0 Å². The largest absolute Gasteiger partial charge is 0.355 e. The highest BCUT2D eigenvalue weighted by molar-refractivity contribution is 7.99. The second-order valence-corrected chi connectivity index (χ2v) is 7.75. The number of carbonyl (C=O) groups excluding carboxylic acids is 1. The SMILES string of the molecule is CCCCNC(=O)CSCc1nc2scc(-c3ccccc3)c2c(=O)[nH]1. The lowest BCUT2D eigenvalue weighted by atomic mass is 10.1. The van der Waals surface area contributed by atoms with E-state index in [0.717, 1.165) is 28.8 Å². The summed E-state index contributed by atoms with van der Waals surface area (Å²) in [6, 6.07) is 9.84. The van der Waals surface area contributed by atoms with Crippen LogP contribution in [0.4, 0.5) is 0 Å². The summed E-state index contributed by atoms with van der Waals surface area (Å²) in [4.78, 5) is 32.4. The number of benzene rings is 1. The highest BCUT2D eigenvalue weighted by atomic mass is 32.2. The number of aromatic amines is 1. The molecule has 3 aromatic rings. The Morgan fingerprint density at radius 3 is 2.88 bits per heavy atom. The monoisotopic (exact) mass is 387 g/mol. The van der Waals surface area contributed by atoms with E-state index in [1.54, 1.807) is 0 Å². The number of nitrogens with zero attached hydrogens (tertiary/aromatic N) is 1. The molecular formula is C19H21N3O2S2. The Bertz CT molecular complexity index is 935. The Morgan fingerprint density at radius 1 is 1.31 bits per heavy atom. The van der Waals surface area contributed by atoms with Crippen molar-refractivity contribution in [2.75, 3.05) is 12.3 Å². The molecule has 1 aromatic carbocycles. The molecule has 0 fully saturated rings. The standard InChI is InChI=1S/C19H21N3O2S2/c1-2-3-9-20-16(23)12-25-11-15-21-18(24)17-14(10-26-19(17)22-15)13-7-5-4-6-8-13/h4-8,10H,2-3,9,11-12H2,1H3,(H,20,23)(H,21,22,24). The van der Waals surface area contributed by atoms with Crippen LogP contribution in [-0.4, -0.2) is 28.2 Å². The van der Waals surface area contributed by atoms with E-state index in [1.807, 2.05) is 35.7 Å². The smallest absolute Gasteiger partial charge is 0.260 e. The minimum absolute atomic E-state index is 0.0226. The lowest BCUT2D eigenvalue weighted by Crippen LogP contribution is -2.26. The summed E-state index contributed by atoms with van der Waals surface area (Å²) in [6.45, 7) is 2.81. The quantitative estimate of drug-likeness (QED) is 0.577. The average molecular weight is 388 g/mol.